The lowest BCUT2D eigenvalue weighted by Crippen LogP contribution is -2.53. The van der Waals surface area contributed by atoms with Crippen LogP contribution in [-0.4, -0.2) is 35.1 Å². The van der Waals surface area contributed by atoms with Crippen molar-refractivity contribution in [3.05, 3.63) is 63.6 Å². The molecule has 1 saturated heterocycles. The largest absolute Gasteiger partial charge is 0.481 e. The number of nitrogens with zero attached hydrogens (tertiary/aromatic N) is 2. The molecule has 2 aromatic carbocycles. The molecule has 0 radical (unpaired) electrons. The zero-order valence-corrected chi connectivity index (χ0v) is 16.3. The van der Waals surface area contributed by atoms with Crippen molar-refractivity contribution in [2.45, 2.75) is 13.0 Å². The van der Waals surface area contributed by atoms with Gasteiger partial charge in [0.1, 0.15) is 0 Å². The Morgan fingerprint density at radius 2 is 1.77 bits per heavy atom. The SMILES string of the molecule is O=C(O)CC1CN(Cc2ccc(Cl)cc2)C(=O)N(c2ccc(Br)cc2)C1. The summed E-state index contributed by atoms with van der Waals surface area (Å²) in [6.45, 7) is 1.23. The predicted octanol–water partition coefficient (Wildman–Crippen LogP) is 4.64. The van der Waals surface area contributed by atoms with Gasteiger partial charge in [0.25, 0.3) is 0 Å². The van der Waals surface area contributed by atoms with Crippen molar-refractivity contribution in [1.29, 1.82) is 0 Å². The van der Waals surface area contributed by atoms with E-state index in [0.717, 1.165) is 15.7 Å². The monoisotopic (exact) mass is 436 g/mol. The van der Waals surface area contributed by atoms with Gasteiger partial charge in [-0.3, -0.25) is 9.69 Å². The number of benzene rings is 2. The molecule has 1 fully saturated rings. The number of carboxylic acids is 1. The zero-order chi connectivity index (χ0) is 18.7. The van der Waals surface area contributed by atoms with Crippen molar-refractivity contribution in [2.75, 3.05) is 18.0 Å². The highest BCUT2D eigenvalue weighted by Gasteiger charge is 2.33. The van der Waals surface area contributed by atoms with E-state index in [9.17, 15) is 14.7 Å². The molecule has 0 bridgehead atoms. The third kappa shape index (κ3) is 4.56. The topological polar surface area (TPSA) is 60.9 Å². The molecule has 2 amide bonds. The number of hydrogen-bond acceptors (Lipinski definition) is 2. The van der Waals surface area contributed by atoms with E-state index in [1.54, 1.807) is 21.9 Å². The average Bonchev–Trinajstić information content (AvgIpc) is 2.60. The molecule has 136 valence electrons. The molecular weight excluding hydrogens is 420 g/mol. The summed E-state index contributed by atoms with van der Waals surface area (Å²) in [4.78, 5) is 27.5. The van der Waals surface area contributed by atoms with E-state index in [1.165, 1.54) is 0 Å². The fourth-order valence-electron chi connectivity index (χ4n) is 3.11. The van der Waals surface area contributed by atoms with Gasteiger partial charge in [-0.15, -0.1) is 0 Å². The second-order valence-electron chi connectivity index (χ2n) is 6.34. The first-order valence-corrected chi connectivity index (χ1v) is 9.37. The minimum absolute atomic E-state index is 0.0252. The molecular formula is C19H18BrClN2O3. The van der Waals surface area contributed by atoms with Gasteiger partial charge in [-0.25, -0.2) is 4.79 Å². The highest BCUT2D eigenvalue weighted by molar-refractivity contribution is 9.10. The van der Waals surface area contributed by atoms with Crippen LogP contribution in [0, 0.1) is 5.92 Å². The number of hydrogen-bond donors (Lipinski definition) is 1. The zero-order valence-electron chi connectivity index (χ0n) is 13.9. The van der Waals surface area contributed by atoms with Crippen LogP contribution >= 0.6 is 27.5 Å². The Bertz CT molecular complexity index is 795. The first-order valence-electron chi connectivity index (χ1n) is 8.20. The van der Waals surface area contributed by atoms with Crippen LogP contribution in [-0.2, 0) is 11.3 Å². The number of anilines is 1. The fraction of sp³-hybridized carbons (Fsp3) is 0.263. The maximum absolute atomic E-state index is 13.0. The molecule has 1 unspecified atom stereocenters. The molecule has 0 aromatic heterocycles. The second-order valence-corrected chi connectivity index (χ2v) is 7.69. The lowest BCUT2D eigenvalue weighted by atomic mass is 10.0. The van der Waals surface area contributed by atoms with E-state index in [2.05, 4.69) is 15.9 Å². The maximum atomic E-state index is 13.0. The number of amides is 2. The Hall–Kier alpha value is -2.05. The van der Waals surface area contributed by atoms with Crippen LogP contribution in [0.5, 0.6) is 0 Å². The smallest absolute Gasteiger partial charge is 0.324 e. The van der Waals surface area contributed by atoms with Gasteiger partial charge in [0.15, 0.2) is 0 Å². The molecule has 26 heavy (non-hydrogen) atoms. The summed E-state index contributed by atoms with van der Waals surface area (Å²) in [5, 5.41) is 9.83. The molecule has 0 saturated carbocycles. The number of aliphatic carboxylic acids is 1. The summed E-state index contributed by atoms with van der Waals surface area (Å²) in [5.41, 5.74) is 1.71. The van der Waals surface area contributed by atoms with Crippen LogP contribution in [0.2, 0.25) is 5.02 Å². The molecule has 5 nitrogen and oxygen atoms in total. The van der Waals surface area contributed by atoms with Crippen molar-refractivity contribution >= 4 is 45.2 Å². The van der Waals surface area contributed by atoms with Crippen LogP contribution < -0.4 is 4.90 Å². The van der Waals surface area contributed by atoms with Gasteiger partial charge in [0, 0.05) is 40.7 Å². The molecule has 0 aliphatic carbocycles. The second kappa shape index (κ2) is 8.10. The molecule has 2 aromatic rings. The molecule has 1 atom stereocenters. The standard InChI is InChI=1S/C19H18BrClN2O3/c20-15-3-7-17(8-4-15)23-12-14(9-18(24)25)11-22(19(23)26)10-13-1-5-16(21)6-2-13/h1-8,14H,9-12H2,(H,24,25). The predicted molar refractivity (Wildman–Crippen MR) is 104 cm³/mol. The van der Waals surface area contributed by atoms with E-state index in [1.807, 2.05) is 36.4 Å². The third-order valence-electron chi connectivity index (χ3n) is 4.31. The van der Waals surface area contributed by atoms with Gasteiger partial charge in [0.2, 0.25) is 0 Å². The Morgan fingerprint density at radius 1 is 1.12 bits per heavy atom. The molecule has 1 aliphatic heterocycles. The highest BCUT2D eigenvalue weighted by Crippen LogP contribution is 2.27. The van der Waals surface area contributed by atoms with Crippen molar-refractivity contribution in [1.82, 2.24) is 4.90 Å². The Kier molecular flexibility index (Phi) is 5.84. The minimum Gasteiger partial charge on any atom is -0.481 e. The summed E-state index contributed by atoms with van der Waals surface area (Å²) < 4.78 is 0.922. The minimum atomic E-state index is -0.855. The van der Waals surface area contributed by atoms with Gasteiger partial charge < -0.3 is 10.0 Å². The number of carbonyl (C=O) groups excluding carboxylic acids is 1. The van der Waals surface area contributed by atoms with E-state index in [0.29, 0.717) is 24.7 Å². The molecule has 3 rings (SSSR count). The number of carbonyl (C=O) groups is 2. The molecule has 7 heteroatoms. The van der Waals surface area contributed by atoms with Gasteiger partial charge >= 0.3 is 12.0 Å². The van der Waals surface area contributed by atoms with Crippen molar-refractivity contribution in [2.24, 2.45) is 5.92 Å². The van der Waals surface area contributed by atoms with Crippen LogP contribution in [0.25, 0.3) is 0 Å². The lowest BCUT2D eigenvalue weighted by molar-refractivity contribution is -0.138. The molecule has 0 spiro atoms. The van der Waals surface area contributed by atoms with Gasteiger partial charge in [-0.05, 0) is 42.0 Å². The summed E-state index contributed by atoms with van der Waals surface area (Å²) in [5.74, 6) is -0.993. The highest BCUT2D eigenvalue weighted by atomic mass is 79.9. The van der Waals surface area contributed by atoms with E-state index >= 15 is 0 Å². The molecule has 1 aliphatic rings. The van der Waals surface area contributed by atoms with Gasteiger partial charge in [-0.2, -0.15) is 0 Å². The van der Waals surface area contributed by atoms with Crippen molar-refractivity contribution in [3.63, 3.8) is 0 Å². The number of halogens is 2. The summed E-state index contributed by atoms with van der Waals surface area (Å²) in [6, 6.07) is 14.6. The van der Waals surface area contributed by atoms with Crippen molar-refractivity contribution < 1.29 is 14.7 Å². The quantitative estimate of drug-likeness (QED) is 0.741. The van der Waals surface area contributed by atoms with E-state index in [4.69, 9.17) is 11.6 Å². The third-order valence-corrected chi connectivity index (χ3v) is 5.09. The summed E-state index contributed by atoms with van der Waals surface area (Å²) in [6.07, 6.45) is 0.0252. The van der Waals surface area contributed by atoms with E-state index in [-0.39, 0.29) is 18.4 Å². The molecule has 1 heterocycles. The first kappa shape index (κ1) is 18.7. The first-order chi connectivity index (χ1) is 12.4. The Morgan fingerprint density at radius 3 is 2.38 bits per heavy atom. The van der Waals surface area contributed by atoms with Crippen LogP contribution in [0.4, 0.5) is 10.5 Å². The average molecular weight is 438 g/mol. The normalized spacial score (nSPS) is 17.5. The fourth-order valence-corrected chi connectivity index (χ4v) is 3.50. The van der Waals surface area contributed by atoms with Gasteiger partial charge in [0.05, 0.1) is 6.42 Å². The van der Waals surface area contributed by atoms with Crippen LogP contribution in [0.3, 0.4) is 0 Å². The maximum Gasteiger partial charge on any atom is 0.324 e. The summed E-state index contributed by atoms with van der Waals surface area (Å²) in [7, 11) is 0. The summed E-state index contributed by atoms with van der Waals surface area (Å²) >= 11 is 9.31. The lowest BCUT2D eigenvalue weighted by Gasteiger charge is -2.40. The van der Waals surface area contributed by atoms with Crippen LogP contribution in [0.15, 0.2) is 53.0 Å². The van der Waals surface area contributed by atoms with Crippen molar-refractivity contribution in [3.8, 4) is 0 Å². The van der Waals surface area contributed by atoms with Gasteiger partial charge in [-0.1, -0.05) is 39.7 Å². The Balaban J connectivity index is 1.84. The number of carboxylic acid groups (broad SMARTS) is 1. The molecule has 1 N–H and O–H groups in total. The van der Waals surface area contributed by atoms with Crippen LogP contribution in [0.1, 0.15) is 12.0 Å². The number of urea groups is 1. The Labute approximate surface area is 165 Å². The number of rotatable bonds is 5. The van der Waals surface area contributed by atoms with E-state index < -0.39 is 5.97 Å².